The Morgan fingerprint density at radius 2 is 1.02 bits per heavy atom. The molecule has 11 heteroatoms. The highest BCUT2D eigenvalue weighted by molar-refractivity contribution is 5.75. The summed E-state index contributed by atoms with van der Waals surface area (Å²) in [7, 11) is 0. The third kappa shape index (κ3) is 21.4. The summed E-state index contributed by atoms with van der Waals surface area (Å²) in [6, 6.07) is 9.74. The van der Waals surface area contributed by atoms with E-state index in [2.05, 4.69) is 56.2 Å². The van der Waals surface area contributed by atoms with Crippen molar-refractivity contribution in [3.63, 3.8) is 0 Å². The first kappa shape index (κ1) is 44.4. The van der Waals surface area contributed by atoms with Crippen molar-refractivity contribution in [1.82, 2.24) is 24.5 Å². The lowest BCUT2D eigenvalue weighted by Gasteiger charge is -2.36. The molecule has 0 radical (unpaired) electrons. The molecular weight excluding hydrogens is 646 g/mol. The van der Waals surface area contributed by atoms with Gasteiger partial charge in [-0.15, -0.1) is 0 Å². The van der Waals surface area contributed by atoms with Gasteiger partial charge >= 0.3 is 18.0 Å². The fourth-order valence-corrected chi connectivity index (χ4v) is 6.03. The third-order valence-corrected chi connectivity index (χ3v) is 7.97. The van der Waals surface area contributed by atoms with Gasteiger partial charge in [-0.05, 0) is 57.9 Å². The second kappa shape index (κ2) is 19.9. The summed E-state index contributed by atoms with van der Waals surface area (Å²) in [4.78, 5) is 50.1. The minimum Gasteiger partial charge on any atom is -0.459 e. The molecule has 1 heterocycles. The minimum absolute atomic E-state index is 0.0220. The van der Waals surface area contributed by atoms with Crippen LogP contribution in [0.3, 0.4) is 0 Å². The first-order valence-electron chi connectivity index (χ1n) is 18.8. The highest BCUT2D eigenvalue weighted by Crippen LogP contribution is 2.21. The molecule has 1 aliphatic rings. The van der Waals surface area contributed by atoms with Gasteiger partial charge in [0.25, 0.3) is 0 Å². The maximum absolute atomic E-state index is 13.4. The molecule has 0 N–H and O–H groups in total. The second-order valence-corrected chi connectivity index (χ2v) is 18.4. The van der Waals surface area contributed by atoms with Gasteiger partial charge in [0.1, 0.15) is 17.8 Å². The van der Waals surface area contributed by atoms with E-state index in [1.807, 2.05) is 76.8 Å². The molecule has 0 bridgehead atoms. The number of carbonyl (C=O) groups excluding carboxylic acids is 3. The molecule has 0 unspecified atom stereocenters. The quantitative estimate of drug-likeness (QED) is 0.178. The summed E-state index contributed by atoms with van der Waals surface area (Å²) in [5.41, 5.74) is 0.0473. The van der Waals surface area contributed by atoms with E-state index < -0.39 is 11.2 Å². The topological polar surface area (TPSA) is 95.1 Å². The van der Waals surface area contributed by atoms with Gasteiger partial charge in [0.15, 0.2) is 0 Å². The van der Waals surface area contributed by atoms with E-state index in [0.29, 0.717) is 32.7 Å². The number of benzene rings is 1. The lowest BCUT2D eigenvalue weighted by atomic mass is 9.92. The number of hydrogen-bond acceptors (Lipinski definition) is 10. The summed E-state index contributed by atoms with van der Waals surface area (Å²) in [5.74, 6) is -0.770. The Bertz CT molecular complexity index is 1150. The molecule has 1 saturated heterocycles. The molecule has 1 aromatic carbocycles. The zero-order chi connectivity index (χ0) is 38.5. The Morgan fingerprint density at radius 1 is 0.608 bits per heavy atom. The number of esters is 2. The van der Waals surface area contributed by atoms with Crippen LogP contribution < -0.4 is 0 Å². The molecule has 0 saturated carbocycles. The van der Waals surface area contributed by atoms with Crippen LogP contribution in [0.25, 0.3) is 0 Å². The maximum Gasteiger partial charge on any atom is 0.410 e. The van der Waals surface area contributed by atoms with E-state index in [1.165, 1.54) is 0 Å². The molecule has 0 atom stereocenters. The molecule has 0 aliphatic carbocycles. The van der Waals surface area contributed by atoms with Crippen LogP contribution in [0.1, 0.15) is 88.6 Å². The smallest absolute Gasteiger partial charge is 0.410 e. The number of rotatable bonds is 14. The molecule has 0 aromatic heterocycles. The van der Waals surface area contributed by atoms with Crippen LogP contribution in [-0.2, 0) is 30.4 Å². The average Bonchev–Trinajstić information content (AvgIpc) is 3.05. The maximum atomic E-state index is 13.4. The molecule has 51 heavy (non-hydrogen) atoms. The van der Waals surface area contributed by atoms with Crippen LogP contribution in [0.2, 0.25) is 0 Å². The van der Waals surface area contributed by atoms with Crippen LogP contribution in [-0.4, -0.2) is 145 Å². The van der Waals surface area contributed by atoms with E-state index in [4.69, 9.17) is 14.2 Å². The van der Waals surface area contributed by atoms with E-state index in [1.54, 1.807) is 4.90 Å². The first-order valence-corrected chi connectivity index (χ1v) is 18.8. The number of carbonyl (C=O) groups is 3. The fourth-order valence-electron chi connectivity index (χ4n) is 6.03. The van der Waals surface area contributed by atoms with Crippen LogP contribution in [0.4, 0.5) is 4.79 Å². The van der Waals surface area contributed by atoms with Crippen molar-refractivity contribution in [3.05, 3.63) is 35.9 Å². The van der Waals surface area contributed by atoms with Gasteiger partial charge in [0.05, 0.1) is 13.1 Å². The minimum atomic E-state index is -0.632. The molecule has 292 valence electrons. The van der Waals surface area contributed by atoms with Crippen molar-refractivity contribution < 1.29 is 28.6 Å². The Balaban J connectivity index is 2.22. The molecule has 1 aromatic rings. The normalized spacial score (nSPS) is 16.1. The predicted octanol–water partition coefficient (Wildman–Crippen LogP) is 5.62. The molecule has 2 rings (SSSR count). The highest BCUT2D eigenvalue weighted by atomic mass is 16.6. The number of ether oxygens (including phenoxy) is 3. The zero-order valence-electron chi connectivity index (χ0n) is 34.2. The van der Waals surface area contributed by atoms with E-state index >= 15 is 0 Å². The van der Waals surface area contributed by atoms with Crippen molar-refractivity contribution in [2.45, 2.75) is 101 Å². The van der Waals surface area contributed by atoms with Crippen molar-refractivity contribution in [2.75, 3.05) is 91.6 Å². The van der Waals surface area contributed by atoms with Crippen LogP contribution in [0.15, 0.2) is 30.3 Å². The highest BCUT2D eigenvalue weighted by Gasteiger charge is 2.27. The average molecular weight is 718 g/mol. The summed E-state index contributed by atoms with van der Waals surface area (Å²) in [6.07, 6.45) is -0.320. The zero-order valence-corrected chi connectivity index (χ0v) is 34.2. The Labute approximate surface area is 309 Å². The number of amides is 1. The van der Waals surface area contributed by atoms with Crippen LogP contribution >= 0.6 is 0 Å². The van der Waals surface area contributed by atoms with Crippen LogP contribution in [0, 0.1) is 10.8 Å². The van der Waals surface area contributed by atoms with Crippen LogP contribution in [0.5, 0.6) is 0 Å². The number of hydrogen-bond donors (Lipinski definition) is 0. The molecule has 1 fully saturated rings. The second-order valence-electron chi connectivity index (χ2n) is 18.4. The molecule has 11 nitrogen and oxygen atoms in total. The standard InChI is InChI=1S/C40H71N5O6/c1-37(2,3)31-44(32-38(4,5)6)23-21-42-19-18-41(24-26-45(27-25-42)36(48)49-30-33-16-14-13-15-17-33)20-22-43(28-34(46)50-39(7,8)9)29-35(47)51-40(10,11)12/h13-17H,18-32H2,1-12H3. The third-order valence-electron chi connectivity index (χ3n) is 7.97. The van der Waals surface area contributed by atoms with Gasteiger partial charge in [-0.3, -0.25) is 24.3 Å². The van der Waals surface area contributed by atoms with Crippen molar-refractivity contribution >= 4 is 18.0 Å². The van der Waals surface area contributed by atoms with Gasteiger partial charge in [-0.1, -0.05) is 71.9 Å². The van der Waals surface area contributed by atoms with Gasteiger partial charge in [0, 0.05) is 78.5 Å². The summed E-state index contributed by atoms with van der Waals surface area (Å²) in [6.45, 7) is 33.9. The Kier molecular flexibility index (Phi) is 17.4. The molecular formula is C40H71N5O6. The molecule has 1 aliphatic heterocycles. The summed E-state index contributed by atoms with van der Waals surface area (Å²) >= 11 is 0. The van der Waals surface area contributed by atoms with Crippen molar-refractivity contribution in [3.8, 4) is 0 Å². The lowest BCUT2D eigenvalue weighted by molar-refractivity contribution is -0.160. The summed E-state index contributed by atoms with van der Waals surface area (Å²) in [5, 5.41) is 0. The molecule has 1 amide bonds. The predicted molar refractivity (Wildman–Crippen MR) is 205 cm³/mol. The van der Waals surface area contributed by atoms with Gasteiger partial charge in [-0.2, -0.15) is 0 Å². The monoisotopic (exact) mass is 718 g/mol. The van der Waals surface area contributed by atoms with Gasteiger partial charge in [-0.25, -0.2) is 4.79 Å². The SMILES string of the molecule is CC(C)(C)CN(CCN1CCN(CCN(CC(=O)OC(C)(C)C)CC(=O)OC(C)(C)C)CCN(C(=O)OCc2ccccc2)CC1)CC(C)(C)C. The fraction of sp³-hybridized carbons (Fsp3) is 0.775. The van der Waals surface area contributed by atoms with Gasteiger partial charge in [0.2, 0.25) is 0 Å². The Morgan fingerprint density at radius 3 is 1.43 bits per heavy atom. The Hall–Kier alpha value is -2.73. The van der Waals surface area contributed by atoms with Crippen molar-refractivity contribution in [2.24, 2.45) is 10.8 Å². The van der Waals surface area contributed by atoms with Crippen molar-refractivity contribution in [1.29, 1.82) is 0 Å². The lowest BCUT2D eigenvalue weighted by Crippen LogP contribution is -2.46. The first-order chi connectivity index (χ1) is 23.5. The van der Waals surface area contributed by atoms with Gasteiger partial charge < -0.3 is 24.0 Å². The van der Waals surface area contributed by atoms with E-state index in [0.717, 1.165) is 51.4 Å². The molecule has 0 spiro atoms. The largest absolute Gasteiger partial charge is 0.459 e. The van der Waals surface area contributed by atoms with E-state index in [-0.39, 0.29) is 48.6 Å². The summed E-state index contributed by atoms with van der Waals surface area (Å²) < 4.78 is 17.0. The van der Waals surface area contributed by atoms with E-state index in [9.17, 15) is 14.4 Å². The number of nitrogens with zero attached hydrogens (tertiary/aromatic N) is 5.